The van der Waals surface area contributed by atoms with Crippen molar-refractivity contribution in [2.45, 2.75) is 6.92 Å². The zero-order valence-electron chi connectivity index (χ0n) is 3.52. The van der Waals surface area contributed by atoms with Gasteiger partial charge in [-0.1, -0.05) is 0 Å². The summed E-state index contributed by atoms with van der Waals surface area (Å²) in [5.41, 5.74) is 0. The first-order valence-electron chi connectivity index (χ1n) is 1.71. The molecule has 0 saturated heterocycles. The summed E-state index contributed by atoms with van der Waals surface area (Å²) in [5.74, 6) is 0. The largest absolute Gasteiger partial charge is 0.677 e. The molecule has 0 aliphatic carbocycles. The highest BCUT2D eigenvalue weighted by Gasteiger charge is 2.07. The van der Waals surface area contributed by atoms with Crippen LogP contribution in [0.15, 0.2) is 0 Å². The summed E-state index contributed by atoms with van der Waals surface area (Å²) in [7, 11) is -2.10. The lowest BCUT2D eigenvalue weighted by Crippen LogP contribution is -2.09. The topological polar surface area (TPSA) is 29.5 Å². The maximum absolute atomic E-state index is 11.0. The van der Waals surface area contributed by atoms with E-state index in [0.29, 0.717) is 0 Å². The quantitative estimate of drug-likeness (QED) is 0.484. The van der Waals surface area contributed by atoms with Crippen molar-refractivity contribution in [2.24, 2.45) is 0 Å². The Morgan fingerprint density at radius 3 is 2.50 bits per heavy atom. The van der Waals surface area contributed by atoms with Gasteiger partial charge in [0.15, 0.2) is 0 Å². The van der Waals surface area contributed by atoms with Crippen LogP contribution in [-0.4, -0.2) is 19.0 Å². The molecule has 0 aliphatic heterocycles. The van der Waals surface area contributed by atoms with Crippen molar-refractivity contribution in [1.29, 1.82) is 0 Å². The third kappa shape index (κ3) is 3.91. The van der Waals surface area contributed by atoms with Gasteiger partial charge in [0, 0.05) is 6.61 Å². The summed E-state index contributed by atoms with van der Waals surface area (Å²) in [6, 6.07) is 0. The fraction of sp³-hybridized carbons (Fsp3) is 1.00. The van der Waals surface area contributed by atoms with Gasteiger partial charge in [-0.15, -0.1) is 0 Å². The fourth-order valence-corrected chi connectivity index (χ4v) is 0.138. The lowest BCUT2D eigenvalue weighted by Gasteiger charge is -1.89. The third-order valence-corrected chi connectivity index (χ3v) is 0.304. The van der Waals surface area contributed by atoms with Gasteiger partial charge in [-0.3, -0.25) is 4.32 Å². The van der Waals surface area contributed by atoms with E-state index in [1.165, 1.54) is 0 Å². The predicted octanol–water partition coefficient (Wildman–Crippen LogP) is -0.0304. The van der Waals surface area contributed by atoms with Gasteiger partial charge in [-0.2, -0.15) is 0 Å². The highest BCUT2D eigenvalue weighted by atomic mass is 19.1. The van der Waals surface area contributed by atoms with Crippen LogP contribution in [0.4, 0.5) is 4.32 Å². The van der Waals surface area contributed by atoms with Crippen molar-refractivity contribution in [2.75, 3.05) is 6.61 Å². The average Bonchev–Trinajstić information content (AvgIpc) is 1.35. The van der Waals surface area contributed by atoms with E-state index < -0.39 is 7.40 Å². The Morgan fingerprint density at radius 2 is 2.50 bits per heavy atom. The summed E-state index contributed by atoms with van der Waals surface area (Å²) in [5, 5.41) is 7.66. The normalized spacial score (nSPS) is 8.50. The lowest BCUT2D eigenvalue weighted by molar-refractivity contribution is 0.234. The molecule has 2 nitrogen and oxygen atoms in total. The Kier molecular flexibility index (Phi) is 3.07. The molecule has 0 aliphatic rings. The zero-order valence-corrected chi connectivity index (χ0v) is 3.52. The van der Waals surface area contributed by atoms with Crippen molar-refractivity contribution in [3.8, 4) is 0 Å². The maximum atomic E-state index is 11.0. The molecular weight excluding hydrogens is 85.8 g/mol. The molecule has 0 heterocycles. The van der Waals surface area contributed by atoms with Gasteiger partial charge >= 0.3 is 7.40 Å². The molecule has 0 radical (unpaired) electrons. The van der Waals surface area contributed by atoms with E-state index in [9.17, 15) is 4.32 Å². The molecule has 0 aromatic rings. The number of rotatable bonds is 2. The van der Waals surface area contributed by atoms with Gasteiger partial charge in [0.1, 0.15) is 0 Å². The van der Waals surface area contributed by atoms with Crippen molar-refractivity contribution in [3.63, 3.8) is 0 Å². The zero-order chi connectivity index (χ0) is 4.99. The van der Waals surface area contributed by atoms with E-state index in [0.717, 1.165) is 0 Å². The molecule has 0 fully saturated rings. The predicted molar refractivity (Wildman–Crippen MR) is 20.7 cm³/mol. The molecule has 1 N–H and O–H groups in total. The van der Waals surface area contributed by atoms with Gasteiger partial charge in [0.05, 0.1) is 0 Å². The Morgan fingerprint density at radius 1 is 2.00 bits per heavy atom. The number of hydrogen-bond donors (Lipinski definition) is 1. The minimum absolute atomic E-state index is 0.206. The van der Waals surface area contributed by atoms with Crippen LogP contribution in [-0.2, 0) is 4.65 Å². The van der Waals surface area contributed by atoms with Crippen LogP contribution in [0.3, 0.4) is 0 Å². The highest BCUT2D eigenvalue weighted by Crippen LogP contribution is 1.77. The van der Waals surface area contributed by atoms with Crippen molar-refractivity contribution >= 4 is 7.40 Å². The van der Waals surface area contributed by atoms with Crippen molar-refractivity contribution < 1.29 is 14.0 Å². The van der Waals surface area contributed by atoms with Crippen LogP contribution >= 0.6 is 0 Å². The van der Waals surface area contributed by atoms with Gasteiger partial charge in [0.25, 0.3) is 0 Å². The van der Waals surface area contributed by atoms with Crippen LogP contribution in [0.1, 0.15) is 6.92 Å². The summed E-state index contributed by atoms with van der Waals surface area (Å²) >= 11 is 0. The van der Waals surface area contributed by atoms with Crippen molar-refractivity contribution in [1.82, 2.24) is 0 Å². The van der Waals surface area contributed by atoms with E-state index in [4.69, 9.17) is 5.02 Å². The molecule has 0 spiro atoms. The van der Waals surface area contributed by atoms with Crippen LogP contribution in [0.2, 0.25) is 0 Å². The highest BCUT2D eigenvalue weighted by molar-refractivity contribution is 6.33. The van der Waals surface area contributed by atoms with E-state index in [1.54, 1.807) is 6.92 Å². The van der Waals surface area contributed by atoms with Crippen LogP contribution < -0.4 is 0 Å². The summed E-state index contributed by atoms with van der Waals surface area (Å²) in [4.78, 5) is 0. The Hall–Kier alpha value is -0.0851. The summed E-state index contributed by atoms with van der Waals surface area (Å²) in [6.45, 7) is 1.81. The Bertz CT molecular complexity index is 32.7. The van der Waals surface area contributed by atoms with E-state index in [-0.39, 0.29) is 6.61 Å². The SMILES string of the molecule is CCOB(O)F. The minimum atomic E-state index is -2.10. The standard InChI is InChI=1S/C2H6BFO2/c1-2-6-3(4)5/h5H,2H2,1H3. The lowest BCUT2D eigenvalue weighted by atomic mass is 10.3. The van der Waals surface area contributed by atoms with Gasteiger partial charge < -0.3 is 9.68 Å². The van der Waals surface area contributed by atoms with E-state index in [1.807, 2.05) is 0 Å². The Labute approximate surface area is 36.1 Å². The summed E-state index contributed by atoms with van der Waals surface area (Å²) < 4.78 is 15.0. The molecule has 0 aromatic carbocycles. The molecule has 6 heavy (non-hydrogen) atoms. The molecule has 4 heteroatoms. The van der Waals surface area contributed by atoms with E-state index >= 15 is 0 Å². The molecule has 0 aromatic heterocycles. The molecule has 0 amide bonds. The van der Waals surface area contributed by atoms with Gasteiger partial charge in [-0.25, -0.2) is 0 Å². The molecule has 0 rings (SSSR count). The molecular formula is C2H6BFO2. The van der Waals surface area contributed by atoms with E-state index in [2.05, 4.69) is 4.65 Å². The minimum Gasteiger partial charge on any atom is -0.398 e. The molecule has 0 bridgehead atoms. The number of halogens is 1. The fourth-order valence-electron chi connectivity index (χ4n) is 0.138. The van der Waals surface area contributed by atoms with Crippen molar-refractivity contribution in [3.05, 3.63) is 0 Å². The first-order chi connectivity index (χ1) is 2.77. The maximum Gasteiger partial charge on any atom is 0.677 e. The first kappa shape index (κ1) is 5.91. The van der Waals surface area contributed by atoms with Crippen LogP contribution in [0.5, 0.6) is 0 Å². The Balaban J connectivity index is 2.63. The third-order valence-electron chi connectivity index (χ3n) is 0.304. The summed E-state index contributed by atoms with van der Waals surface area (Å²) in [6.07, 6.45) is 0. The van der Waals surface area contributed by atoms with Gasteiger partial charge in [0.2, 0.25) is 0 Å². The molecule has 0 unspecified atom stereocenters. The monoisotopic (exact) mass is 92.0 g/mol. The average molecular weight is 91.9 g/mol. The molecule has 0 atom stereocenters. The molecule has 0 saturated carbocycles. The van der Waals surface area contributed by atoms with Crippen LogP contribution in [0.25, 0.3) is 0 Å². The van der Waals surface area contributed by atoms with Gasteiger partial charge in [-0.05, 0) is 6.92 Å². The second-order valence-corrected chi connectivity index (χ2v) is 0.747. The smallest absolute Gasteiger partial charge is 0.398 e. The number of hydrogen-bond acceptors (Lipinski definition) is 2. The second-order valence-electron chi connectivity index (χ2n) is 0.747. The first-order valence-corrected chi connectivity index (χ1v) is 1.71. The van der Waals surface area contributed by atoms with Crippen LogP contribution in [0, 0.1) is 0 Å². The molecule has 36 valence electrons. The second kappa shape index (κ2) is 3.12.